The number of halogens is 3. The molecule has 0 bridgehead atoms. The van der Waals surface area contributed by atoms with Crippen molar-refractivity contribution in [3.05, 3.63) is 53.4 Å². The van der Waals surface area contributed by atoms with Crippen molar-refractivity contribution in [3.63, 3.8) is 0 Å². The van der Waals surface area contributed by atoms with E-state index in [-0.39, 0.29) is 18.8 Å². The number of aromatic amines is 1. The zero-order valence-corrected chi connectivity index (χ0v) is 15.7. The summed E-state index contributed by atoms with van der Waals surface area (Å²) in [4.78, 5) is 19.6. The van der Waals surface area contributed by atoms with Crippen molar-refractivity contribution in [2.45, 2.75) is 37.5 Å². The number of pyridine rings is 1. The van der Waals surface area contributed by atoms with Crippen LogP contribution >= 0.6 is 11.6 Å². The van der Waals surface area contributed by atoms with Crippen LogP contribution in [0.5, 0.6) is 0 Å². The summed E-state index contributed by atoms with van der Waals surface area (Å²) in [5, 5.41) is 6.91. The second-order valence-corrected chi connectivity index (χ2v) is 7.54. The van der Waals surface area contributed by atoms with E-state index in [2.05, 4.69) is 20.6 Å². The fourth-order valence-electron chi connectivity index (χ4n) is 3.60. The van der Waals surface area contributed by atoms with E-state index in [1.54, 1.807) is 30.6 Å². The number of alkyl halides is 2. The molecule has 1 fully saturated rings. The van der Waals surface area contributed by atoms with E-state index in [1.165, 1.54) is 6.20 Å². The minimum Gasteiger partial charge on any atom is -0.359 e. The molecule has 2 amide bonds. The van der Waals surface area contributed by atoms with Crippen LogP contribution in [0.3, 0.4) is 0 Å². The predicted molar refractivity (Wildman–Crippen MR) is 106 cm³/mol. The van der Waals surface area contributed by atoms with E-state index >= 15 is 0 Å². The number of amides is 2. The summed E-state index contributed by atoms with van der Waals surface area (Å²) in [6, 6.07) is 6.75. The first kappa shape index (κ1) is 18.7. The van der Waals surface area contributed by atoms with Crippen LogP contribution in [-0.4, -0.2) is 21.9 Å². The number of fused-ring (bicyclic) bond motifs is 1. The van der Waals surface area contributed by atoms with Crippen LogP contribution in [0, 0.1) is 0 Å². The summed E-state index contributed by atoms with van der Waals surface area (Å²) in [6.07, 6.45) is 5.52. The molecule has 1 aliphatic carbocycles. The topological polar surface area (TPSA) is 69.8 Å². The first-order valence-corrected chi connectivity index (χ1v) is 9.45. The van der Waals surface area contributed by atoms with Crippen LogP contribution in [0.4, 0.5) is 25.0 Å². The maximum absolute atomic E-state index is 13.4. The fraction of sp³-hybridized carbons (Fsp3) is 0.300. The lowest BCUT2D eigenvalue weighted by Crippen LogP contribution is -2.24. The Balaban J connectivity index is 1.44. The van der Waals surface area contributed by atoms with Crippen LogP contribution < -0.4 is 10.6 Å². The molecule has 0 radical (unpaired) electrons. The highest BCUT2D eigenvalue weighted by Gasteiger charge is 2.35. The molecular formula is C20H19ClF2N4O. The van der Waals surface area contributed by atoms with Crippen LogP contribution in [0.2, 0.25) is 5.02 Å². The number of H-pyrrole nitrogens is 1. The number of hydrogen-bond donors (Lipinski definition) is 3. The van der Waals surface area contributed by atoms with Gasteiger partial charge in [-0.15, -0.1) is 0 Å². The lowest BCUT2D eigenvalue weighted by molar-refractivity contribution is -0.0382. The van der Waals surface area contributed by atoms with Crippen LogP contribution in [-0.2, 0) is 0 Å². The zero-order valence-electron chi connectivity index (χ0n) is 14.9. The van der Waals surface area contributed by atoms with Gasteiger partial charge < -0.3 is 15.6 Å². The van der Waals surface area contributed by atoms with E-state index in [1.807, 2.05) is 6.07 Å². The highest BCUT2D eigenvalue weighted by Crippen LogP contribution is 2.41. The normalized spacial score (nSPS) is 16.8. The zero-order chi connectivity index (χ0) is 19.7. The van der Waals surface area contributed by atoms with E-state index in [0.29, 0.717) is 29.2 Å². The van der Waals surface area contributed by atoms with Crippen molar-refractivity contribution in [2.75, 3.05) is 10.6 Å². The second-order valence-electron chi connectivity index (χ2n) is 7.11. The van der Waals surface area contributed by atoms with Crippen molar-refractivity contribution in [1.82, 2.24) is 9.97 Å². The first-order chi connectivity index (χ1) is 13.4. The van der Waals surface area contributed by atoms with Gasteiger partial charge in [-0.3, -0.25) is 4.98 Å². The number of hydrogen-bond acceptors (Lipinski definition) is 2. The Labute approximate surface area is 165 Å². The highest BCUT2D eigenvalue weighted by atomic mass is 35.5. The number of aromatic nitrogens is 2. The number of carbonyl (C=O) groups excluding carboxylic acids is 1. The maximum atomic E-state index is 13.4. The molecule has 3 N–H and O–H groups in total. The van der Waals surface area contributed by atoms with E-state index in [9.17, 15) is 13.6 Å². The lowest BCUT2D eigenvalue weighted by Gasteiger charge is -2.28. The molecule has 28 heavy (non-hydrogen) atoms. The standard InChI is InChI=1S/C20H19ClF2N4O/c21-14-1-2-17-16(8-14)18(11-25-17)27-19(28)26-15-7-13(9-24-10-15)12-3-5-20(22,23)6-4-12/h1-2,7-12,25H,3-6H2,(H2,26,27,28). The first-order valence-electron chi connectivity index (χ1n) is 9.07. The Morgan fingerprint density at radius 3 is 2.75 bits per heavy atom. The molecule has 2 heterocycles. The molecule has 1 saturated carbocycles. The smallest absolute Gasteiger partial charge is 0.323 e. The van der Waals surface area contributed by atoms with Crippen molar-refractivity contribution >= 4 is 39.9 Å². The van der Waals surface area contributed by atoms with Gasteiger partial charge in [0.1, 0.15) is 0 Å². The Hall–Kier alpha value is -2.67. The minimum atomic E-state index is -2.57. The van der Waals surface area contributed by atoms with E-state index in [0.717, 1.165) is 16.5 Å². The Morgan fingerprint density at radius 2 is 1.96 bits per heavy atom. The van der Waals surface area contributed by atoms with Crippen LogP contribution in [0.15, 0.2) is 42.9 Å². The number of urea groups is 1. The predicted octanol–water partition coefficient (Wildman–Crippen LogP) is 6.15. The van der Waals surface area contributed by atoms with Gasteiger partial charge in [-0.05, 0) is 48.6 Å². The second kappa shape index (κ2) is 7.39. The molecule has 146 valence electrons. The molecule has 0 aliphatic heterocycles. The van der Waals surface area contributed by atoms with Gasteiger partial charge in [0.15, 0.2) is 0 Å². The molecule has 1 aromatic carbocycles. The average Bonchev–Trinajstić information content (AvgIpc) is 3.04. The van der Waals surface area contributed by atoms with Gasteiger partial charge in [-0.2, -0.15) is 0 Å². The van der Waals surface area contributed by atoms with Gasteiger partial charge in [-0.1, -0.05) is 11.6 Å². The molecule has 2 aromatic heterocycles. The third kappa shape index (κ3) is 4.09. The summed E-state index contributed by atoms with van der Waals surface area (Å²) >= 11 is 6.03. The van der Waals surface area contributed by atoms with Crippen molar-refractivity contribution in [3.8, 4) is 0 Å². The van der Waals surface area contributed by atoms with Gasteiger partial charge >= 0.3 is 6.03 Å². The van der Waals surface area contributed by atoms with Crippen molar-refractivity contribution < 1.29 is 13.6 Å². The quantitative estimate of drug-likeness (QED) is 0.489. The highest BCUT2D eigenvalue weighted by molar-refractivity contribution is 6.31. The molecule has 0 saturated heterocycles. The monoisotopic (exact) mass is 404 g/mol. The van der Waals surface area contributed by atoms with Gasteiger partial charge in [0.25, 0.3) is 0 Å². The van der Waals surface area contributed by atoms with Gasteiger partial charge in [0.05, 0.1) is 17.6 Å². The third-order valence-electron chi connectivity index (χ3n) is 5.10. The van der Waals surface area contributed by atoms with Gasteiger partial charge in [-0.25, -0.2) is 13.6 Å². The Morgan fingerprint density at radius 1 is 1.18 bits per heavy atom. The van der Waals surface area contributed by atoms with Gasteiger partial charge in [0.2, 0.25) is 5.92 Å². The van der Waals surface area contributed by atoms with E-state index < -0.39 is 12.0 Å². The summed E-state index contributed by atoms with van der Waals surface area (Å²) in [6.45, 7) is 0. The molecule has 0 spiro atoms. The molecule has 1 aliphatic rings. The van der Waals surface area contributed by atoms with Crippen molar-refractivity contribution in [1.29, 1.82) is 0 Å². The summed E-state index contributed by atoms with van der Waals surface area (Å²) < 4.78 is 26.7. The summed E-state index contributed by atoms with van der Waals surface area (Å²) in [5.74, 6) is -2.53. The maximum Gasteiger partial charge on any atom is 0.323 e. The van der Waals surface area contributed by atoms with E-state index in [4.69, 9.17) is 11.6 Å². The molecular weight excluding hydrogens is 386 g/mol. The summed E-state index contributed by atoms with van der Waals surface area (Å²) in [5.41, 5.74) is 2.85. The largest absolute Gasteiger partial charge is 0.359 e. The number of benzene rings is 1. The molecule has 4 rings (SSSR count). The van der Waals surface area contributed by atoms with Gasteiger partial charge in [0, 0.05) is 41.2 Å². The molecule has 0 unspecified atom stereocenters. The lowest BCUT2D eigenvalue weighted by atomic mass is 9.83. The number of anilines is 2. The number of nitrogens with zero attached hydrogens (tertiary/aromatic N) is 1. The molecule has 3 aromatic rings. The van der Waals surface area contributed by atoms with Crippen LogP contribution in [0.25, 0.3) is 10.9 Å². The van der Waals surface area contributed by atoms with Crippen molar-refractivity contribution in [2.24, 2.45) is 0 Å². The molecule has 8 heteroatoms. The average molecular weight is 405 g/mol. The fourth-order valence-corrected chi connectivity index (χ4v) is 3.78. The number of nitrogens with one attached hydrogen (secondary N) is 3. The molecule has 0 atom stereocenters. The summed E-state index contributed by atoms with van der Waals surface area (Å²) in [7, 11) is 0. The third-order valence-corrected chi connectivity index (χ3v) is 5.33. The number of carbonyl (C=O) groups is 1. The van der Waals surface area contributed by atoms with Crippen LogP contribution in [0.1, 0.15) is 37.2 Å². The SMILES string of the molecule is O=C(Nc1cncc(C2CCC(F)(F)CC2)c1)Nc1c[nH]c2ccc(Cl)cc12. The minimum absolute atomic E-state index is 0.0349. The number of rotatable bonds is 3. The Kier molecular flexibility index (Phi) is 4.93. The molecule has 5 nitrogen and oxygen atoms in total. The Bertz CT molecular complexity index is 1010.